The number of aromatic nitrogens is 4. The highest BCUT2D eigenvalue weighted by atomic mass is 16.2. The second kappa shape index (κ2) is 5.11. The van der Waals surface area contributed by atoms with Crippen molar-refractivity contribution in [2.45, 2.75) is 32.7 Å². The second-order valence-electron chi connectivity index (χ2n) is 4.35. The lowest BCUT2D eigenvalue weighted by atomic mass is 10.1. The number of nitrogens with two attached hydrogens (primary N) is 1. The van der Waals surface area contributed by atoms with Crippen LogP contribution in [0.3, 0.4) is 0 Å². The number of aryl methyl sites for hydroxylation is 1. The number of hydrogen-bond donors (Lipinski definition) is 1. The number of rotatable bonds is 5. The van der Waals surface area contributed by atoms with E-state index in [1.54, 1.807) is 0 Å². The molecule has 8 heteroatoms. The van der Waals surface area contributed by atoms with Gasteiger partial charge in [0.25, 0.3) is 5.95 Å². The van der Waals surface area contributed by atoms with E-state index in [0.29, 0.717) is 6.54 Å². The molecule has 1 aromatic rings. The Morgan fingerprint density at radius 3 is 2.94 bits per heavy atom. The molecule has 0 saturated carbocycles. The summed E-state index contributed by atoms with van der Waals surface area (Å²) in [5, 5.41) is 11.8. The van der Waals surface area contributed by atoms with Crippen LogP contribution in [0, 0.1) is 5.92 Å². The minimum Gasteiger partial charge on any atom is -0.369 e. The maximum absolute atomic E-state index is 11.7. The summed E-state index contributed by atoms with van der Waals surface area (Å²) in [5.41, 5.74) is 5.19. The van der Waals surface area contributed by atoms with E-state index < -0.39 is 11.8 Å². The lowest BCUT2D eigenvalue weighted by Crippen LogP contribution is -2.29. The molecular formula is C10H16N6O2. The average Bonchev–Trinajstić information content (AvgIpc) is 2.92. The SMILES string of the molecule is CCCCn1nnc(N2C[C@H](C(N)=O)CC2=O)n1. The highest BCUT2D eigenvalue weighted by Gasteiger charge is 2.36. The molecule has 0 unspecified atom stereocenters. The third-order valence-electron chi connectivity index (χ3n) is 2.92. The first-order chi connectivity index (χ1) is 8.61. The summed E-state index contributed by atoms with van der Waals surface area (Å²) in [4.78, 5) is 25.6. The summed E-state index contributed by atoms with van der Waals surface area (Å²) in [6.07, 6.45) is 2.11. The normalized spacial score (nSPS) is 19.5. The Morgan fingerprint density at radius 1 is 1.56 bits per heavy atom. The Morgan fingerprint density at radius 2 is 2.33 bits per heavy atom. The number of hydrogen-bond acceptors (Lipinski definition) is 5. The summed E-state index contributed by atoms with van der Waals surface area (Å²) < 4.78 is 0. The molecule has 2 heterocycles. The Bertz CT molecular complexity index is 457. The Kier molecular flexibility index (Phi) is 3.54. The number of amides is 2. The van der Waals surface area contributed by atoms with Gasteiger partial charge in [0.1, 0.15) is 0 Å². The van der Waals surface area contributed by atoms with Crippen molar-refractivity contribution in [3.8, 4) is 0 Å². The smallest absolute Gasteiger partial charge is 0.272 e. The van der Waals surface area contributed by atoms with Crippen molar-refractivity contribution < 1.29 is 9.59 Å². The minimum atomic E-state index is -0.468. The number of unbranched alkanes of at least 4 members (excludes halogenated alkanes) is 1. The number of primary amides is 1. The fourth-order valence-electron chi connectivity index (χ4n) is 1.83. The second-order valence-corrected chi connectivity index (χ2v) is 4.35. The van der Waals surface area contributed by atoms with Gasteiger partial charge in [-0.05, 0) is 11.6 Å². The first-order valence-electron chi connectivity index (χ1n) is 5.99. The van der Waals surface area contributed by atoms with E-state index in [1.165, 1.54) is 9.70 Å². The van der Waals surface area contributed by atoms with Gasteiger partial charge in [-0.2, -0.15) is 4.80 Å². The lowest BCUT2D eigenvalue weighted by molar-refractivity contribution is -0.123. The largest absolute Gasteiger partial charge is 0.369 e. The quantitative estimate of drug-likeness (QED) is 0.746. The van der Waals surface area contributed by atoms with Gasteiger partial charge < -0.3 is 5.73 Å². The van der Waals surface area contributed by atoms with Crippen molar-refractivity contribution in [2.75, 3.05) is 11.4 Å². The zero-order valence-electron chi connectivity index (χ0n) is 10.2. The van der Waals surface area contributed by atoms with E-state index in [9.17, 15) is 9.59 Å². The van der Waals surface area contributed by atoms with E-state index in [0.717, 1.165) is 12.8 Å². The van der Waals surface area contributed by atoms with Crippen LogP contribution in [0.2, 0.25) is 0 Å². The van der Waals surface area contributed by atoms with E-state index in [1.807, 2.05) is 0 Å². The van der Waals surface area contributed by atoms with Gasteiger partial charge in [0, 0.05) is 13.0 Å². The molecule has 8 nitrogen and oxygen atoms in total. The van der Waals surface area contributed by atoms with E-state index in [4.69, 9.17) is 5.73 Å². The summed E-state index contributed by atoms with van der Waals surface area (Å²) >= 11 is 0. The standard InChI is InChI=1S/C10H16N6O2/c1-2-3-4-16-13-10(12-14-16)15-6-7(9(11)18)5-8(15)17/h7H,2-6H2,1H3,(H2,11,18)/t7-/m1/s1. The van der Waals surface area contributed by atoms with Crippen LogP contribution < -0.4 is 10.6 Å². The van der Waals surface area contributed by atoms with Gasteiger partial charge in [0.15, 0.2) is 0 Å². The number of carbonyl (C=O) groups excluding carboxylic acids is 2. The monoisotopic (exact) mass is 252 g/mol. The van der Waals surface area contributed by atoms with Gasteiger partial charge in [-0.15, -0.1) is 5.10 Å². The van der Waals surface area contributed by atoms with Crippen LogP contribution in [0.4, 0.5) is 5.95 Å². The molecule has 0 spiro atoms. The Balaban J connectivity index is 2.05. The molecule has 1 atom stereocenters. The van der Waals surface area contributed by atoms with Crippen LogP contribution in [0.1, 0.15) is 26.2 Å². The number of tetrazole rings is 1. The first-order valence-corrected chi connectivity index (χ1v) is 5.99. The van der Waals surface area contributed by atoms with Crippen LogP contribution in [0.5, 0.6) is 0 Å². The maximum Gasteiger partial charge on any atom is 0.272 e. The fourth-order valence-corrected chi connectivity index (χ4v) is 1.83. The topological polar surface area (TPSA) is 107 Å². The number of anilines is 1. The van der Waals surface area contributed by atoms with Gasteiger partial charge in [-0.1, -0.05) is 18.4 Å². The van der Waals surface area contributed by atoms with Crippen molar-refractivity contribution in [2.24, 2.45) is 11.7 Å². The molecule has 1 aliphatic heterocycles. The predicted molar refractivity (Wildman–Crippen MR) is 62.4 cm³/mol. The molecule has 1 saturated heterocycles. The van der Waals surface area contributed by atoms with Crippen LogP contribution >= 0.6 is 0 Å². The maximum atomic E-state index is 11.7. The number of nitrogens with zero attached hydrogens (tertiary/aromatic N) is 5. The highest BCUT2D eigenvalue weighted by Crippen LogP contribution is 2.21. The summed E-state index contributed by atoms with van der Waals surface area (Å²) in [6, 6.07) is 0. The molecule has 0 bridgehead atoms. The van der Waals surface area contributed by atoms with Crippen LogP contribution in [0.15, 0.2) is 0 Å². The van der Waals surface area contributed by atoms with Crippen molar-refractivity contribution in [3.05, 3.63) is 0 Å². The molecule has 98 valence electrons. The molecule has 2 rings (SSSR count). The molecule has 0 radical (unpaired) electrons. The molecule has 18 heavy (non-hydrogen) atoms. The predicted octanol–water partition coefficient (Wildman–Crippen LogP) is -0.689. The van der Waals surface area contributed by atoms with Crippen molar-refractivity contribution in [1.29, 1.82) is 0 Å². The number of carbonyl (C=O) groups is 2. The summed E-state index contributed by atoms with van der Waals surface area (Å²) in [6.45, 7) is 2.98. The van der Waals surface area contributed by atoms with E-state index >= 15 is 0 Å². The zero-order valence-corrected chi connectivity index (χ0v) is 10.2. The van der Waals surface area contributed by atoms with Gasteiger partial charge in [0.2, 0.25) is 11.8 Å². The third-order valence-corrected chi connectivity index (χ3v) is 2.92. The molecule has 0 aliphatic carbocycles. The average molecular weight is 252 g/mol. The molecule has 1 aliphatic rings. The minimum absolute atomic E-state index is 0.124. The molecule has 2 amide bonds. The Labute approximate surface area is 104 Å². The molecule has 0 aromatic carbocycles. The van der Waals surface area contributed by atoms with Gasteiger partial charge in [-0.25, -0.2) is 0 Å². The van der Waals surface area contributed by atoms with Crippen molar-refractivity contribution in [1.82, 2.24) is 20.2 Å². The van der Waals surface area contributed by atoms with Crippen LogP contribution in [0.25, 0.3) is 0 Å². The van der Waals surface area contributed by atoms with Gasteiger partial charge in [0.05, 0.1) is 12.5 Å². The fraction of sp³-hybridized carbons (Fsp3) is 0.700. The highest BCUT2D eigenvalue weighted by molar-refractivity contribution is 5.98. The first kappa shape index (κ1) is 12.5. The van der Waals surface area contributed by atoms with Crippen LogP contribution in [-0.2, 0) is 16.1 Å². The molecular weight excluding hydrogens is 236 g/mol. The molecule has 1 aromatic heterocycles. The molecule has 2 N–H and O–H groups in total. The van der Waals surface area contributed by atoms with E-state index in [2.05, 4.69) is 22.3 Å². The molecule has 1 fully saturated rings. The van der Waals surface area contributed by atoms with Crippen molar-refractivity contribution in [3.63, 3.8) is 0 Å². The third kappa shape index (κ3) is 2.47. The van der Waals surface area contributed by atoms with Crippen LogP contribution in [-0.4, -0.2) is 38.6 Å². The van der Waals surface area contributed by atoms with Gasteiger partial charge in [-0.3, -0.25) is 14.5 Å². The van der Waals surface area contributed by atoms with E-state index in [-0.39, 0.29) is 24.8 Å². The summed E-state index contributed by atoms with van der Waals surface area (Å²) in [5.74, 6) is -0.863. The zero-order chi connectivity index (χ0) is 13.1. The summed E-state index contributed by atoms with van der Waals surface area (Å²) in [7, 11) is 0. The lowest BCUT2D eigenvalue weighted by Gasteiger charge is -2.09. The van der Waals surface area contributed by atoms with Gasteiger partial charge >= 0.3 is 0 Å². The van der Waals surface area contributed by atoms with Crippen molar-refractivity contribution >= 4 is 17.8 Å². The Hall–Kier alpha value is -1.99.